The van der Waals surface area contributed by atoms with Crippen molar-refractivity contribution in [2.75, 3.05) is 0 Å². The van der Waals surface area contributed by atoms with Gasteiger partial charge in [0.1, 0.15) is 5.75 Å². The zero-order valence-electron chi connectivity index (χ0n) is 12.8. The van der Waals surface area contributed by atoms with Gasteiger partial charge in [-0.1, -0.05) is 44.0 Å². The third-order valence-electron chi connectivity index (χ3n) is 4.58. The quantitative estimate of drug-likeness (QED) is 0.568. The van der Waals surface area contributed by atoms with E-state index in [0.29, 0.717) is 11.7 Å². The van der Waals surface area contributed by atoms with Gasteiger partial charge in [-0.05, 0) is 53.1 Å². The molecule has 0 aliphatic heterocycles. The van der Waals surface area contributed by atoms with Crippen LogP contribution in [0.15, 0.2) is 36.4 Å². The van der Waals surface area contributed by atoms with E-state index >= 15 is 0 Å². The highest BCUT2D eigenvalue weighted by Gasteiger charge is 2.19. The summed E-state index contributed by atoms with van der Waals surface area (Å²) in [5.41, 5.74) is 1.45. The molecule has 0 heterocycles. The smallest absolute Gasteiger partial charge is 0.308 e. The Labute approximate surface area is 126 Å². The number of ether oxygens (including phenoxy) is 1. The van der Waals surface area contributed by atoms with Crippen molar-refractivity contribution in [1.82, 2.24) is 0 Å². The summed E-state index contributed by atoms with van der Waals surface area (Å²) >= 11 is 0. The first-order valence-corrected chi connectivity index (χ1v) is 7.84. The van der Waals surface area contributed by atoms with Crippen LogP contribution in [0.25, 0.3) is 10.8 Å². The van der Waals surface area contributed by atoms with Crippen LogP contribution < -0.4 is 4.74 Å². The molecule has 0 bridgehead atoms. The van der Waals surface area contributed by atoms with Crippen LogP contribution in [0.4, 0.5) is 0 Å². The van der Waals surface area contributed by atoms with Gasteiger partial charge in [0.2, 0.25) is 0 Å². The van der Waals surface area contributed by atoms with Crippen LogP contribution >= 0.6 is 0 Å². The van der Waals surface area contributed by atoms with Gasteiger partial charge < -0.3 is 4.74 Å². The van der Waals surface area contributed by atoms with Crippen molar-refractivity contribution in [1.29, 1.82) is 0 Å². The summed E-state index contributed by atoms with van der Waals surface area (Å²) in [6, 6.07) is 12.5. The molecule has 0 atom stereocenters. The average Bonchev–Trinajstić information content (AvgIpc) is 2.47. The maximum Gasteiger partial charge on any atom is 0.308 e. The van der Waals surface area contributed by atoms with Crippen molar-refractivity contribution in [3.05, 3.63) is 42.0 Å². The number of hydrogen-bond acceptors (Lipinski definition) is 2. The molecule has 3 rings (SSSR count). The van der Waals surface area contributed by atoms with Gasteiger partial charge in [0, 0.05) is 6.92 Å². The van der Waals surface area contributed by atoms with Crippen LogP contribution in [0.2, 0.25) is 0 Å². The molecule has 0 spiro atoms. The first-order chi connectivity index (χ1) is 10.1. The molecule has 2 heteroatoms. The Kier molecular flexibility index (Phi) is 3.96. The van der Waals surface area contributed by atoms with Gasteiger partial charge in [-0.2, -0.15) is 0 Å². The standard InChI is InChI=1S/C19H22O2/c1-13-3-5-15(6-4-13)16-7-8-18-12-19(21-14(2)20)10-9-17(18)11-16/h7-13,15H,3-6H2,1-2H3/t13-,15-. The number of rotatable bonds is 2. The molecule has 0 aromatic heterocycles. The number of carbonyl (C=O) groups excluding carboxylic acids is 1. The second-order valence-electron chi connectivity index (χ2n) is 6.32. The van der Waals surface area contributed by atoms with Gasteiger partial charge in [0.15, 0.2) is 0 Å². The molecule has 2 aromatic rings. The minimum Gasteiger partial charge on any atom is -0.427 e. The molecule has 0 N–H and O–H groups in total. The zero-order valence-corrected chi connectivity index (χ0v) is 12.8. The van der Waals surface area contributed by atoms with E-state index in [2.05, 4.69) is 25.1 Å². The normalized spacial score (nSPS) is 22.2. The van der Waals surface area contributed by atoms with E-state index in [0.717, 1.165) is 11.3 Å². The lowest BCUT2D eigenvalue weighted by molar-refractivity contribution is -0.131. The van der Waals surface area contributed by atoms with Crippen LogP contribution in [-0.2, 0) is 4.79 Å². The van der Waals surface area contributed by atoms with E-state index in [-0.39, 0.29) is 5.97 Å². The topological polar surface area (TPSA) is 26.3 Å². The maximum atomic E-state index is 11.0. The first-order valence-electron chi connectivity index (χ1n) is 7.84. The molecule has 1 aliphatic carbocycles. The van der Waals surface area contributed by atoms with Crippen LogP contribution in [0.1, 0.15) is 51.0 Å². The lowest BCUT2D eigenvalue weighted by Crippen LogP contribution is -2.10. The zero-order chi connectivity index (χ0) is 14.8. The van der Waals surface area contributed by atoms with Crippen LogP contribution in [-0.4, -0.2) is 5.97 Å². The van der Waals surface area contributed by atoms with E-state index in [1.54, 1.807) is 0 Å². The number of esters is 1. The fourth-order valence-electron chi connectivity index (χ4n) is 3.32. The van der Waals surface area contributed by atoms with E-state index in [4.69, 9.17) is 4.74 Å². The van der Waals surface area contributed by atoms with Crippen molar-refractivity contribution in [2.45, 2.75) is 45.4 Å². The molecular formula is C19H22O2. The lowest BCUT2D eigenvalue weighted by atomic mass is 9.79. The minimum absolute atomic E-state index is 0.276. The summed E-state index contributed by atoms with van der Waals surface area (Å²) in [6.45, 7) is 3.78. The molecule has 2 nitrogen and oxygen atoms in total. The van der Waals surface area contributed by atoms with Crippen molar-refractivity contribution in [3.63, 3.8) is 0 Å². The van der Waals surface area contributed by atoms with Crippen LogP contribution in [0.3, 0.4) is 0 Å². The summed E-state index contributed by atoms with van der Waals surface area (Å²) in [4.78, 5) is 11.0. The molecule has 110 valence electrons. The van der Waals surface area contributed by atoms with E-state index in [9.17, 15) is 4.79 Å². The lowest BCUT2D eigenvalue weighted by Gasteiger charge is -2.26. The summed E-state index contributed by atoms with van der Waals surface area (Å²) < 4.78 is 5.14. The molecule has 1 fully saturated rings. The second-order valence-corrected chi connectivity index (χ2v) is 6.32. The average molecular weight is 282 g/mol. The van der Waals surface area contributed by atoms with E-state index < -0.39 is 0 Å². The predicted octanol–water partition coefficient (Wildman–Crippen LogP) is 5.06. The van der Waals surface area contributed by atoms with E-state index in [1.807, 2.05) is 18.2 Å². The molecule has 0 radical (unpaired) electrons. The molecule has 0 saturated heterocycles. The number of fused-ring (bicyclic) bond motifs is 1. The molecule has 1 aliphatic rings. The van der Waals surface area contributed by atoms with Gasteiger partial charge in [0.25, 0.3) is 0 Å². The highest BCUT2D eigenvalue weighted by atomic mass is 16.5. The number of benzene rings is 2. The summed E-state index contributed by atoms with van der Waals surface area (Å²) in [7, 11) is 0. The number of carbonyl (C=O) groups is 1. The Bertz CT molecular complexity index is 652. The van der Waals surface area contributed by atoms with Crippen LogP contribution in [0.5, 0.6) is 5.75 Å². The molecular weight excluding hydrogens is 260 g/mol. The summed E-state index contributed by atoms with van der Waals surface area (Å²) in [5.74, 6) is 1.93. The third-order valence-corrected chi connectivity index (χ3v) is 4.58. The Balaban J connectivity index is 1.85. The molecule has 0 unspecified atom stereocenters. The van der Waals surface area contributed by atoms with Crippen LogP contribution in [0, 0.1) is 5.92 Å². The van der Waals surface area contributed by atoms with Gasteiger partial charge in [-0.25, -0.2) is 0 Å². The molecule has 1 saturated carbocycles. The van der Waals surface area contributed by atoms with Gasteiger partial charge in [-0.15, -0.1) is 0 Å². The SMILES string of the molecule is CC(=O)Oc1ccc2cc([C@H]3CC[C@H](C)CC3)ccc2c1. The van der Waals surface area contributed by atoms with Crippen molar-refractivity contribution in [2.24, 2.45) is 5.92 Å². The Morgan fingerprint density at radius 3 is 2.38 bits per heavy atom. The predicted molar refractivity (Wildman–Crippen MR) is 85.6 cm³/mol. The van der Waals surface area contributed by atoms with Gasteiger partial charge >= 0.3 is 5.97 Å². The maximum absolute atomic E-state index is 11.0. The highest BCUT2D eigenvalue weighted by molar-refractivity contribution is 5.85. The largest absolute Gasteiger partial charge is 0.427 e. The Morgan fingerprint density at radius 1 is 1.00 bits per heavy atom. The molecule has 21 heavy (non-hydrogen) atoms. The van der Waals surface area contributed by atoms with Gasteiger partial charge in [0.05, 0.1) is 0 Å². The van der Waals surface area contributed by atoms with Gasteiger partial charge in [-0.3, -0.25) is 4.79 Å². The van der Waals surface area contributed by atoms with E-state index in [1.165, 1.54) is 43.6 Å². The fraction of sp³-hybridized carbons (Fsp3) is 0.421. The third kappa shape index (κ3) is 3.26. The van der Waals surface area contributed by atoms with Crippen molar-refractivity contribution >= 4 is 16.7 Å². The molecule has 2 aromatic carbocycles. The Morgan fingerprint density at radius 2 is 1.67 bits per heavy atom. The molecule has 0 amide bonds. The summed E-state index contributed by atoms with van der Waals surface area (Å²) in [6.07, 6.45) is 5.29. The Hall–Kier alpha value is -1.83. The monoisotopic (exact) mass is 282 g/mol. The second kappa shape index (κ2) is 5.88. The summed E-state index contributed by atoms with van der Waals surface area (Å²) in [5, 5.41) is 2.35. The highest BCUT2D eigenvalue weighted by Crippen LogP contribution is 2.36. The van der Waals surface area contributed by atoms with Crippen molar-refractivity contribution < 1.29 is 9.53 Å². The van der Waals surface area contributed by atoms with Crippen molar-refractivity contribution in [3.8, 4) is 5.75 Å². The number of hydrogen-bond donors (Lipinski definition) is 0. The first kappa shape index (κ1) is 14.1. The minimum atomic E-state index is -0.276. The fourth-order valence-corrected chi connectivity index (χ4v) is 3.32.